The van der Waals surface area contributed by atoms with Gasteiger partial charge in [0.1, 0.15) is 0 Å². The van der Waals surface area contributed by atoms with Gasteiger partial charge in [0.25, 0.3) is 11.8 Å². The van der Waals surface area contributed by atoms with Crippen LogP contribution in [0.5, 0.6) is 0 Å². The van der Waals surface area contributed by atoms with Gasteiger partial charge in [-0.3, -0.25) is 19.3 Å². The van der Waals surface area contributed by atoms with E-state index in [9.17, 15) is 14.4 Å². The van der Waals surface area contributed by atoms with Crippen molar-refractivity contribution >= 4 is 17.8 Å². The lowest BCUT2D eigenvalue weighted by atomic mass is 10.1. The number of nitrogens with zero attached hydrogens (tertiary/aromatic N) is 1. The van der Waals surface area contributed by atoms with Crippen LogP contribution < -0.4 is 0 Å². The fraction of sp³-hybridized carbons (Fsp3) is 0.583. The second-order valence-electron chi connectivity index (χ2n) is 4.27. The molecule has 0 aromatic rings. The van der Waals surface area contributed by atoms with Gasteiger partial charge in [-0.25, -0.2) is 0 Å². The van der Waals surface area contributed by atoms with Gasteiger partial charge in [-0.2, -0.15) is 0 Å². The van der Waals surface area contributed by atoms with E-state index in [2.05, 4.69) is 0 Å². The Balaban J connectivity index is 2.94. The Kier molecular flexibility index (Phi) is 4.04. The number of hydrogen-bond acceptors (Lipinski definition) is 3. The first kappa shape index (κ1) is 13.4. The maximum atomic E-state index is 11.9. The van der Waals surface area contributed by atoms with E-state index in [-0.39, 0.29) is 18.2 Å². The summed E-state index contributed by atoms with van der Waals surface area (Å²) in [7, 11) is 0. The van der Waals surface area contributed by atoms with Crippen LogP contribution in [0, 0.1) is 0 Å². The van der Waals surface area contributed by atoms with E-state index in [1.165, 1.54) is 0 Å². The van der Waals surface area contributed by atoms with E-state index in [0.29, 0.717) is 17.6 Å². The van der Waals surface area contributed by atoms with Crippen molar-refractivity contribution in [2.24, 2.45) is 0 Å². The molecule has 17 heavy (non-hydrogen) atoms. The summed E-state index contributed by atoms with van der Waals surface area (Å²) in [5.41, 5.74) is 0.836. The van der Waals surface area contributed by atoms with Crippen molar-refractivity contribution < 1.29 is 19.5 Å². The van der Waals surface area contributed by atoms with Crippen LogP contribution in [-0.2, 0) is 14.4 Å². The van der Waals surface area contributed by atoms with Crippen molar-refractivity contribution in [2.75, 3.05) is 0 Å². The number of carboxylic acid groups (broad SMARTS) is 1. The molecule has 0 saturated heterocycles. The molecule has 2 amide bonds. The van der Waals surface area contributed by atoms with E-state index in [0.717, 1.165) is 11.3 Å². The molecule has 1 atom stereocenters. The monoisotopic (exact) mass is 239 g/mol. The smallest absolute Gasteiger partial charge is 0.305 e. The van der Waals surface area contributed by atoms with E-state index >= 15 is 0 Å². The molecule has 0 spiro atoms. The number of aliphatic carboxylic acids is 1. The van der Waals surface area contributed by atoms with Crippen molar-refractivity contribution in [3.63, 3.8) is 0 Å². The number of imide groups is 1. The molecule has 0 radical (unpaired) electrons. The normalized spacial score (nSPS) is 17.9. The second kappa shape index (κ2) is 5.12. The van der Waals surface area contributed by atoms with Gasteiger partial charge in [-0.15, -0.1) is 0 Å². The van der Waals surface area contributed by atoms with Crippen LogP contribution in [0.25, 0.3) is 0 Å². The minimum absolute atomic E-state index is 0.189. The Morgan fingerprint density at radius 1 is 1.24 bits per heavy atom. The average Bonchev–Trinajstić information content (AvgIpc) is 2.43. The topological polar surface area (TPSA) is 74.7 Å². The summed E-state index contributed by atoms with van der Waals surface area (Å²) >= 11 is 0. The average molecular weight is 239 g/mol. The summed E-state index contributed by atoms with van der Waals surface area (Å²) in [6, 6.07) is -0.537. The largest absolute Gasteiger partial charge is 0.481 e. The predicted molar refractivity (Wildman–Crippen MR) is 61.2 cm³/mol. The highest BCUT2D eigenvalue weighted by atomic mass is 16.4. The van der Waals surface area contributed by atoms with Crippen LogP contribution in [-0.4, -0.2) is 33.8 Å². The van der Waals surface area contributed by atoms with Crippen molar-refractivity contribution in [1.29, 1.82) is 0 Å². The Hall–Kier alpha value is -1.65. The summed E-state index contributed by atoms with van der Waals surface area (Å²) in [4.78, 5) is 35.6. The van der Waals surface area contributed by atoms with E-state index in [4.69, 9.17) is 5.11 Å². The van der Waals surface area contributed by atoms with E-state index < -0.39 is 12.0 Å². The second-order valence-corrected chi connectivity index (χ2v) is 4.27. The Bertz CT molecular complexity index is 373. The van der Waals surface area contributed by atoms with Crippen molar-refractivity contribution in [2.45, 2.75) is 46.1 Å². The lowest BCUT2D eigenvalue weighted by Gasteiger charge is -2.25. The summed E-state index contributed by atoms with van der Waals surface area (Å²) < 4.78 is 0. The molecule has 1 rings (SSSR count). The molecular formula is C12H17NO4. The first-order chi connectivity index (χ1) is 7.90. The fourth-order valence-electron chi connectivity index (χ4n) is 1.96. The van der Waals surface area contributed by atoms with Gasteiger partial charge in [0.15, 0.2) is 0 Å². The van der Waals surface area contributed by atoms with Gasteiger partial charge in [0.2, 0.25) is 0 Å². The fourth-order valence-corrected chi connectivity index (χ4v) is 1.96. The molecule has 0 bridgehead atoms. The summed E-state index contributed by atoms with van der Waals surface area (Å²) in [6.45, 7) is 5.09. The first-order valence-electron chi connectivity index (χ1n) is 5.67. The highest BCUT2D eigenvalue weighted by molar-refractivity contribution is 6.19. The Labute approximate surface area is 100 Å². The summed E-state index contributed by atoms with van der Waals surface area (Å²) in [5.74, 6) is -1.70. The van der Waals surface area contributed by atoms with E-state index in [1.807, 2.05) is 6.92 Å². The minimum Gasteiger partial charge on any atom is -0.481 e. The third-order valence-electron chi connectivity index (χ3n) is 3.04. The molecule has 0 aliphatic carbocycles. The van der Waals surface area contributed by atoms with Crippen molar-refractivity contribution in [3.05, 3.63) is 11.1 Å². The Morgan fingerprint density at radius 2 is 1.71 bits per heavy atom. The molecule has 0 saturated carbocycles. The molecule has 0 fully saturated rings. The lowest BCUT2D eigenvalue weighted by molar-refractivity contribution is -0.144. The van der Waals surface area contributed by atoms with Gasteiger partial charge >= 0.3 is 5.97 Å². The van der Waals surface area contributed by atoms with Crippen LogP contribution in [0.1, 0.15) is 40.0 Å². The maximum absolute atomic E-state index is 11.9. The number of carboxylic acids is 1. The third kappa shape index (κ3) is 2.54. The van der Waals surface area contributed by atoms with E-state index in [1.54, 1.807) is 13.8 Å². The zero-order valence-electron chi connectivity index (χ0n) is 10.3. The van der Waals surface area contributed by atoms with Crippen molar-refractivity contribution in [3.8, 4) is 0 Å². The highest BCUT2D eigenvalue weighted by Crippen LogP contribution is 2.25. The summed E-state index contributed by atoms with van der Waals surface area (Å²) in [6.07, 6.45) is 1.06. The third-order valence-corrected chi connectivity index (χ3v) is 3.04. The molecule has 0 aromatic carbocycles. The predicted octanol–water partition coefficient (Wildman–Crippen LogP) is 1.33. The standard InChI is InChI=1S/C12H17NO4/c1-4-5-9(6-10(14)15)13-11(16)7(2)8(3)12(13)17/h9H,4-6H2,1-3H3,(H,14,15). The quantitative estimate of drug-likeness (QED) is 0.734. The zero-order chi connectivity index (χ0) is 13.2. The van der Waals surface area contributed by atoms with Crippen LogP contribution in [0.2, 0.25) is 0 Å². The maximum Gasteiger partial charge on any atom is 0.305 e. The molecular weight excluding hydrogens is 222 g/mol. The molecule has 5 nitrogen and oxygen atoms in total. The van der Waals surface area contributed by atoms with Crippen LogP contribution in [0.3, 0.4) is 0 Å². The number of carbonyl (C=O) groups excluding carboxylic acids is 2. The minimum atomic E-state index is -0.994. The molecule has 5 heteroatoms. The van der Waals surface area contributed by atoms with Gasteiger partial charge in [-0.1, -0.05) is 13.3 Å². The summed E-state index contributed by atoms with van der Waals surface area (Å²) in [5, 5.41) is 8.81. The first-order valence-corrected chi connectivity index (χ1v) is 5.67. The van der Waals surface area contributed by atoms with Crippen LogP contribution >= 0.6 is 0 Å². The number of carbonyl (C=O) groups is 3. The molecule has 1 aliphatic rings. The lowest BCUT2D eigenvalue weighted by Crippen LogP contribution is -2.42. The van der Waals surface area contributed by atoms with Gasteiger partial charge in [0.05, 0.1) is 12.5 Å². The molecule has 1 unspecified atom stereocenters. The molecule has 0 aromatic heterocycles. The number of amides is 2. The SMILES string of the molecule is CCCC(CC(=O)O)N1C(=O)C(C)=C(C)C1=O. The van der Waals surface area contributed by atoms with Crippen LogP contribution in [0.4, 0.5) is 0 Å². The highest BCUT2D eigenvalue weighted by Gasteiger charge is 2.38. The zero-order valence-corrected chi connectivity index (χ0v) is 10.3. The molecule has 1 heterocycles. The molecule has 1 aliphatic heterocycles. The molecule has 94 valence electrons. The molecule has 1 N–H and O–H groups in total. The van der Waals surface area contributed by atoms with Gasteiger partial charge in [0, 0.05) is 11.1 Å². The Morgan fingerprint density at radius 3 is 2.06 bits per heavy atom. The number of rotatable bonds is 5. The van der Waals surface area contributed by atoms with Gasteiger partial charge in [-0.05, 0) is 20.3 Å². The van der Waals surface area contributed by atoms with Crippen molar-refractivity contribution in [1.82, 2.24) is 4.90 Å². The number of hydrogen-bond donors (Lipinski definition) is 1. The van der Waals surface area contributed by atoms with Gasteiger partial charge < -0.3 is 5.11 Å². The van der Waals surface area contributed by atoms with Crippen LogP contribution in [0.15, 0.2) is 11.1 Å².